The van der Waals surface area contributed by atoms with Gasteiger partial charge in [0, 0.05) is 22.2 Å². The summed E-state index contributed by atoms with van der Waals surface area (Å²) in [5.41, 5.74) is 7.27. The van der Waals surface area contributed by atoms with E-state index in [1.54, 1.807) is 35.5 Å². The molecule has 4 nitrogen and oxygen atoms in total. The fourth-order valence-corrected chi connectivity index (χ4v) is 3.77. The lowest BCUT2D eigenvalue weighted by Crippen LogP contribution is -1.99. The van der Waals surface area contributed by atoms with E-state index in [2.05, 4.69) is 28.8 Å². The monoisotopic (exact) mass is 302 g/mol. The number of hydrogen-bond donors (Lipinski definition) is 1. The van der Waals surface area contributed by atoms with Crippen molar-refractivity contribution < 1.29 is 0 Å². The Morgan fingerprint density at radius 2 is 1.95 bits per heavy atom. The zero-order valence-corrected chi connectivity index (χ0v) is 12.9. The Morgan fingerprint density at radius 1 is 1.20 bits per heavy atom. The molecule has 0 aliphatic heterocycles. The van der Waals surface area contributed by atoms with Crippen LogP contribution in [0, 0.1) is 13.8 Å². The zero-order chi connectivity index (χ0) is 14.1. The maximum Gasteiger partial charge on any atom is 0.142 e. The second kappa shape index (κ2) is 5.38. The quantitative estimate of drug-likeness (QED) is 0.749. The van der Waals surface area contributed by atoms with Crippen molar-refractivity contribution in [2.24, 2.45) is 0 Å². The molecule has 0 unspecified atom stereocenters. The van der Waals surface area contributed by atoms with E-state index in [4.69, 9.17) is 5.73 Å². The molecule has 102 valence electrons. The van der Waals surface area contributed by atoms with E-state index in [-0.39, 0.29) is 0 Å². The van der Waals surface area contributed by atoms with Gasteiger partial charge >= 0.3 is 0 Å². The van der Waals surface area contributed by atoms with Crippen molar-refractivity contribution in [1.82, 2.24) is 15.0 Å². The van der Waals surface area contributed by atoms with Gasteiger partial charge in [0.1, 0.15) is 16.5 Å². The molecule has 20 heavy (non-hydrogen) atoms. The summed E-state index contributed by atoms with van der Waals surface area (Å²) >= 11 is 3.36. The summed E-state index contributed by atoms with van der Waals surface area (Å²) in [6, 6.07) is 3.96. The van der Waals surface area contributed by atoms with Crippen molar-refractivity contribution in [3.63, 3.8) is 0 Å². The zero-order valence-electron chi connectivity index (χ0n) is 11.3. The molecule has 0 atom stereocenters. The van der Waals surface area contributed by atoms with Crippen LogP contribution in [-0.2, 0) is 5.75 Å². The number of nitrogens with two attached hydrogens (primary N) is 1. The third-order valence-electron chi connectivity index (χ3n) is 3.12. The lowest BCUT2D eigenvalue weighted by atomic mass is 10.2. The Balaban J connectivity index is 1.89. The molecule has 0 saturated heterocycles. The van der Waals surface area contributed by atoms with Crippen LogP contribution in [0.2, 0.25) is 0 Å². The highest BCUT2D eigenvalue weighted by Gasteiger charge is 2.12. The van der Waals surface area contributed by atoms with Crippen molar-refractivity contribution in [1.29, 1.82) is 0 Å². The molecule has 3 aromatic rings. The molecular weight excluding hydrogens is 288 g/mol. The molecule has 6 heteroatoms. The van der Waals surface area contributed by atoms with Crippen molar-refractivity contribution in [2.75, 3.05) is 5.73 Å². The van der Waals surface area contributed by atoms with E-state index in [1.807, 2.05) is 12.1 Å². The number of aromatic nitrogens is 3. The van der Waals surface area contributed by atoms with Crippen molar-refractivity contribution in [3.8, 4) is 0 Å². The number of aryl methyl sites for hydroxylation is 2. The van der Waals surface area contributed by atoms with E-state index in [9.17, 15) is 0 Å². The predicted octanol–water partition coefficient (Wildman–Crippen LogP) is 3.58. The van der Waals surface area contributed by atoms with Crippen LogP contribution in [0.15, 0.2) is 29.4 Å². The summed E-state index contributed by atoms with van der Waals surface area (Å²) < 4.78 is 0. The minimum Gasteiger partial charge on any atom is -0.383 e. The maximum atomic E-state index is 6.08. The Labute approximate surface area is 125 Å². The highest BCUT2D eigenvalue weighted by atomic mass is 32.2. The molecule has 0 aliphatic carbocycles. The minimum absolute atomic E-state index is 0.585. The van der Waals surface area contributed by atoms with Gasteiger partial charge in [0.05, 0.1) is 11.1 Å². The summed E-state index contributed by atoms with van der Waals surface area (Å²) in [6.07, 6.45) is 3.57. The number of thiophene rings is 1. The third kappa shape index (κ3) is 2.48. The van der Waals surface area contributed by atoms with Gasteiger partial charge in [-0.1, -0.05) is 0 Å². The van der Waals surface area contributed by atoms with Crippen LogP contribution in [0.5, 0.6) is 0 Å². The van der Waals surface area contributed by atoms with Crippen molar-refractivity contribution in [2.45, 2.75) is 24.5 Å². The molecule has 0 fully saturated rings. The molecule has 0 bridgehead atoms. The smallest absolute Gasteiger partial charge is 0.142 e. The molecule has 2 N–H and O–H groups in total. The maximum absolute atomic E-state index is 6.08. The standard InChI is InChI=1S/C14H14N4S2/c1-8-9(2)20-14-12(8)13(15)17-11(18-14)7-19-10-3-5-16-6-4-10/h3-6H,7H2,1-2H3,(H2,15,17,18). The first kappa shape index (κ1) is 13.3. The molecule has 3 heterocycles. The number of fused-ring (bicyclic) bond motifs is 1. The van der Waals surface area contributed by atoms with Gasteiger partial charge in [0.2, 0.25) is 0 Å². The summed E-state index contributed by atoms with van der Waals surface area (Å²) in [6.45, 7) is 4.16. The number of pyridine rings is 1. The number of thioether (sulfide) groups is 1. The molecule has 0 saturated carbocycles. The van der Waals surface area contributed by atoms with E-state index >= 15 is 0 Å². The van der Waals surface area contributed by atoms with Gasteiger partial charge in [-0.2, -0.15) is 0 Å². The van der Waals surface area contributed by atoms with Crippen LogP contribution in [0.25, 0.3) is 10.2 Å². The third-order valence-corrected chi connectivity index (χ3v) is 5.23. The molecule has 0 radical (unpaired) electrons. The van der Waals surface area contributed by atoms with E-state index < -0.39 is 0 Å². The summed E-state index contributed by atoms with van der Waals surface area (Å²) in [7, 11) is 0. The second-order valence-electron chi connectivity index (χ2n) is 4.46. The summed E-state index contributed by atoms with van der Waals surface area (Å²) in [4.78, 5) is 16.4. The summed E-state index contributed by atoms with van der Waals surface area (Å²) in [5, 5.41) is 1.00. The molecular formula is C14H14N4S2. The van der Waals surface area contributed by atoms with Gasteiger partial charge in [-0.15, -0.1) is 23.1 Å². The molecule has 0 amide bonds. The first-order valence-corrected chi connectivity index (χ1v) is 8.00. The number of anilines is 1. The fraction of sp³-hybridized carbons (Fsp3) is 0.214. The number of hydrogen-bond acceptors (Lipinski definition) is 6. The van der Waals surface area contributed by atoms with Gasteiger partial charge in [-0.25, -0.2) is 9.97 Å². The lowest BCUT2D eigenvalue weighted by Gasteiger charge is -2.03. The Hall–Kier alpha value is -1.66. The predicted molar refractivity (Wildman–Crippen MR) is 85.1 cm³/mol. The van der Waals surface area contributed by atoms with Crippen molar-refractivity contribution in [3.05, 3.63) is 40.8 Å². The van der Waals surface area contributed by atoms with Gasteiger partial charge < -0.3 is 5.73 Å². The highest BCUT2D eigenvalue weighted by Crippen LogP contribution is 2.32. The highest BCUT2D eigenvalue weighted by molar-refractivity contribution is 7.98. The van der Waals surface area contributed by atoms with E-state index in [0.29, 0.717) is 11.6 Å². The van der Waals surface area contributed by atoms with E-state index in [0.717, 1.165) is 20.9 Å². The number of nitrogens with zero attached hydrogens (tertiary/aromatic N) is 3. The van der Waals surface area contributed by atoms with Crippen LogP contribution in [0.4, 0.5) is 5.82 Å². The van der Waals surface area contributed by atoms with Crippen LogP contribution in [-0.4, -0.2) is 15.0 Å². The second-order valence-corrected chi connectivity index (χ2v) is 6.71. The van der Waals surface area contributed by atoms with E-state index in [1.165, 1.54) is 10.4 Å². The fourth-order valence-electron chi connectivity index (χ4n) is 1.97. The normalized spacial score (nSPS) is 11.1. The van der Waals surface area contributed by atoms with Gasteiger partial charge in [0.15, 0.2) is 0 Å². The van der Waals surface area contributed by atoms with Crippen LogP contribution in [0.1, 0.15) is 16.3 Å². The topological polar surface area (TPSA) is 64.7 Å². The largest absolute Gasteiger partial charge is 0.383 e. The SMILES string of the molecule is Cc1sc2nc(CSc3ccncc3)nc(N)c2c1C. The molecule has 3 rings (SSSR count). The lowest BCUT2D eigenvalue weighted by molar-refractivity contribution is 1.08. The Bertz CT molecular complexity index is 753. The molecule has 0 aliphatic rings. The van der Waals surface area contributed by atoms with Gasteiger partial charge in [0.25, 0.3) is 0 Å². The Morgan fingerprint density at radius 3 is 2.70 bits per heavy atom. The van der Waals surface area contributed by atoms with Gasteiger partial charge in [-0.05, 0) is 31.5 Å². The van der Waals surface area contributed by atoms with Crippen LogP contribution >= 0.6 is 23.1 Å². The first-order valence-electron chi connectivity index (χ1n) is 6.20. The average Bonchev–Trinajstić information content (AvgIpc) is 2.73. The Kier molecular flexibility index (Phi) is 3.58. The number of nitrogen functional groups attached to an aromatic ring is 1. The molecule has 3 aromatic heterocycles. The average molecular weight is 302 g/mol. The molecule has 0 aromatic carbocycles. The summed E-state index contributed by atoms with van der Waals surface area (Å²) in [5.74, 6) is 2.07. The van der Waals surface area contributed by atoms with Gasteiger partial charge in [-0.3, -0.25) is 4.98 Å². The number of rotatable bonds is 3. The van der Waals surface area contributed by atoms with Crippen molar-refractivity contribution >= 4 is 39.1 Å². The first-order chi connectivity index (χ1) is 9.65. The van der Waals surface area contributed by atoms with Crippen LogP contribution in [0.3, 0.4) is 0 Å². The minimum atomic E-state index is 0.585. The van der Waals surface area contributed by atoms with Crippen LogP contribution < -0.4 is 5.73 Å². The molecule has 0 spiro atoms.